The summed E-state index contributed by atoms with van der Waals surface area (Å²) in [7, 11) is -34.1. The van der Waals surface area contributed by atoms with E-state index >= 15 is 0 Å². The van der Waals surface area contributed by atoms with Crippen LogP contribution in [0.5, 0.6) is 0 Å². The number of hydrogen-bond donors (Lipinski definition) is 0. The van der Waals surface area contributed by atoms with Gasteiger partial charge in [0.1, 0.15) is 0 Å². The van der Waals surface area contributed by atoms with Crippen LogP contribution in [0, 0.1) is 188 Å². The third-order valence-corrected chi connectivity index (χ3v) is 5.40. The molecule has 0 N–H and O–H groups in total. The van der Waals surface area contributed by atoms with Gasteiger partial charge in [0, 0.05) is 0 Å². The zero-order valence-electron chi connectivity index (χ0n) is 12.3. The van der Waals surface area contributed by atoms with Gasteiger partial charge in [0.25, 0.3) is 0 Å². The molecule has 0 aliphatic heterocycles. The molecule has 0 saturated carbocycles. The maximum absolute atomic E-state index is 9.32. The second kappa shape index (κ2) is 22.5. The van der Waals surface area contributed by atoms with Gasteiger partial charge >= 0.3 is 188 Å². The van der Waals surface area contributed by atoms with Gasteiger partial charge in [-0.2, -0.15) is 0 Å². The van der Waals surface area contributed by atoms with Crippen LogP contribution in [0.1, 0.15) is 0 Å². The maximum Gasteiger partial charge on any atom is 3.00 e. The van der Waals surface area contributed by atoms with E-state index in [1.807, 2.05) is 0 Å². The summed E-state index contributed by atoms with van der Waals surface area (Å²) in [5, 5.41) is 0. The van der Waals surface area contributed by atoms with Crippen LogP contribution in [-0.4, -0.2) is 0 Å². The molecule has 0 amide bonds. The van der Waals surface area contributed by atoms with E-state index in [9.17, 15) is 86.1 Å². The molecule has 0 aliphatic carbocycles. The molecule has 0 spiro atoms. The summed E-state index contributed by atoms with van der Waals surface area (Å²) in [4.78, 5) is 112. The Morgan fingerprint density at radius 3 is 0.355 bits per heavy atom. The predicted molar refractivity (Wildman–Crippen MR) is 48.9 cm³/mol. The van der Waals surface area contributed by atoms with Crippen molar-refractivity contribution in [1.82, 2.24) is 0 Å². The molecule has 0 atom stereocenters. The SMILES string of the molecule is O=P([O-])([O-])OP(=O)([O-])[O-].O=P([O-])([O-])OP(=O)([O-])[O-].O=P([O-])([O-])OP(=O)([O-])[O-].[Yb+3].[Yb+3].[Yb+3].[Yb+3]. The van der Waals surface area contributed by atoms with Crippen molar-refractivity contribution in [2.24, 2.45) is 0 Å². The van der Waals surface area contributed by atoms with Crippen LogP contribution in [0.3, 0.4) is 0 Å². The van der Waals surface area contributed by atoms with Crippen molar-refractivity contribution in [3.63, 3.8) is 0 Å². The van der Waals surface area contributed by atoms with E-state index in [1.54, 1.807) is 0 Å². The number of phosphoric acid groups is 6. The predicted octanol–water partition coefficient (Wildman–Crippen LogP) is -10.0. The second-order valence-corrected chi connectivity index (χ2v) is 10.3. The van der Waals surface area contributed by atoms with Crippen molar-refractivity contribution < 1.29 is 287 Å². The fourth-order valence-electron chi connectivity index (χ4n) is 0.367. The first kappa shape index (κ1) is 54.0. The van der Waals surface area contributed by atoms with Gasteiger partial charge in [-0.3, -0.25) is 0 Å². The van der Waals surface area contributed by atoms with Crippen LogP contribution in [-0.2, 0) is 40.3 Å². The van der Waals surface area contributed by atoms with Crippen LogP contribution < -0.4 is 58.7 Å². The Bertz CT molecular complexity index is 559. The van der Waals surface area contributed by atoms with Crippen LogP contribution in [0.4, 0.5) is 0 Å². The molecule has 0 aromatic rings. The van der Waals surface area contributed by atoms with Crippen molar-refractivity contribution in [3.05, 3.63) is 0 Å². The first-order valence-electron chi connectivity index (χ1n) is 4.38. The molecule has 0 aromatic heterocycles. The minimum absolute atomic E-state index is 0. The van der Waals surface area contributed by atoms with E-state index in [-0.39, 0.29) is 188 Å². The Morgan fingerprint density at radius 1 is 0.290 bits per heavy atom. The van der Waals surface area contributed by atoms with Gasteiger partial charge in [-0.25, -0.2) is 0 Å². The molecule has 0 saturated heterocycles. The molecule has 0 fully saturated rings. The zero-order chi connectivity index (χ0) is 23.1. The Hall–Kier alpha value is 6.86. The van der Waals surface area contributed by atoms with E-state index in [0.717, 1.165) is 0 Å². The molecular formula is O21P6Yb4. The van der Waals surface area contributed by atoms with Gasteiger partial charge in [-0.05, 0) is 0 Å². The van der Waals surface area contributed by atoms with Gasteiger partial charge in [0.2, 0.25) is 0 Å². The summed E-state index contributed by atoms with van der Waals surface area (Å²) in [6.07, 6.45) is 0. The van der Waals surface area contributed by atoms with Crippen LogP contribution in [0.25, 0.3) is 0 Å². The number of hydrogen-bond acceptors (Lipinski definition) is 21. The largest absolute Gasteiger partial charge is 3.00 e. The van der Waals surface area contributed by atoms with E-state index in [2.05, 4.69) is 12.9 Å². The minimum atomic E-state index is -5.68. The van der Waals surface area contributed by atoms with Crippen LogP contribution in [0.2, 0.25) is 0 Å². The fourth-order valence-corrected chi connectivity index (χ4v) is 3.31. The van der Waals surface area contributed by atoms with E-state index in [1.165, 1.54) is 0 Å². The second-order valence-electron chi connectivity index (χ2n) is 2.93. The molecule has 0 aliphatic rings. The molecule has 31 heteroatoms. The summed E-state index contributed by atoms with van der Waals surface area (Å²) in [6, 6.07) is 0. The van der Waals surface area contributed by atoms with Crippen molar-refractivity contribution in [2.75, 3.05) is 0 Å². The molecule has 0 bridgehead atoms. The average Bonchev–Trinajstić information content (AvgIpc) is 1.96. The van der Waals surface area contributed by atoms with Crippen molar-refractivity contribution in [1.29, 1.82) is 0 Å². The molecular weight excluding hydrogens is 1210 g/mol. The molecule has 0 heterocycles. The average molecular weight is 1210 g/mol. The first-order valence-corrected chi connectivity index (χ1v) is 13.1. The van der Waals surface area contributed by atoms with Crippen LogP contribution in [0.15, 0.2) is 0 Å². The first-order chi connectivity index (χ1) is 11.1. The molecule has 21 nitrogen and oxygen atoms in total. The van der Waals surface area contributed by atoms with E-state index in [0.29, 0.717) is 0 Å². The van der Waals surface area contributed by atoms with Gasteiger partial charge in [-0.1, -0.05) is 0 Å². The monoisotopic (exact) mass is 1220 g/mol. The third-order valence-electron chi connectivity index (χ3n) is 0.600. The van der Waals surface area contributed by atoms with Gasteiger partial charge in [0.05, 0.1) is 46.9 Å². The number of rotatable bonds is 6. The summed E-state index contributed by atoms with van der Waals surface area (Å²) >= 11 is 0. The Labute approximate surface area is 326 Å². The van der Waals surface area contributed by atoms with Crippen molar-refractivity contribution in [3.8, 4) is 0 Å². The molecule has 0 rings (SSSR count). The Balaban J connectivity index is -0.0000000524. The third kappa shape index (κ3) is 72.5. The van der Waals surface area contributed by atoms with E-state index in [4.69, 9.17) is 0 Å². The smallest absolute Gasteiger partial charge is 0.790 e. The summed E-state index contributed by atoms with van der Waals surface area (Å²) in [6.45, 7) is 0. The van der Waals surface area contributed by atoms with Gasteiger partial charge in [0.15, 0.2) is 0 Å². The summed E-state index contributed by atoms with van der Waals surface area (Å²) < 4.78 is 63.5. The molecule has 0 unspecified atom stereocenters. The minimum Gasteiger partial charge on any atom is -0.790 e. The molecule has 212 valence electrons. The summed E-state index contributed by atoms with van der Waals surface area (Å²) in [5.41, 5.74) is 0. The maximum atomic E-state index is 9.32. The zero-order valence-corrected chi connectivity index (χ0v) is 24.6. The van der Waals surface area contributed by atoms with Crippen LogP contribution >= 0.6 is 46.9 Å². The molecule has 31 heavy (non-hydrogen) atoms. The quantitative estimate of drug-likeness (QED) is 0.223. The van der Waals surface area contributed by atoms with Crippen molar-refractivity contribution >= 4 is 46.9 Å². The molecule has 0 aromatic carbocycles. The van der Waals surface area contributed by atoms with E-state index < -0.39 is 46.9 Å². The van der Waals surface area contributed by atoms with Crippen molar-refractivity contribution in [2.45, 2.75) is 0 Å². The summed E-state index contributed by atoms with van der Waals surface area (Å²) in [5.74, 6) is 0. The Morgan fingerprint density at radius 2 is 0.355 bits per heavy atom. The topological polar surface area (TPSA) is 407 Å². The standard InChI is InChI=1S/3H4O7P2.4Yb/c3*1-8(2,3)7-9(4,5)6;;;;/h3*(H2,1,2,3)(H2,4,5,6);;;;/q;;;4*+3/p-12. The van der Waals surface area contributed by atoms with Gasteiger partial charge < -0.3 is 99.0 Å². The normalized spacial score (nSPS) is 12.0. The molecule has 4 radical (unpaired) electrons. The fraction of sp³-hybridized carbons (Fsp3) is 0. The Kier molecular flexibility index (Phi) is 39.3. The van der Waals surface area contributed by atoms with Gasteiger partial charge in [-0.15, -0.1) is 0 Å².